The van der Waals surface area contributed by atoms with Gasteiger partial charge in [0.05, 0.1) is 5.69 Å². The van der Waals surface area contributed by atoms with Crippen LogP contribution >= 0.6 is 23.2 Å². The minimum absolute atomic E-state index is 0.0952. The van der Waals surface area contributed by atoms with E-state index in [0.29, 0.717) is 10.7 Å². The summed E-state index contributed by atoms with van der Waals surface area (Å²) in [6, 6.07) is 5.31. The van der Waals surface area contributed by atoms with Crippen molar-refractivity contribution in [3.05, 3.63) is 28.8 Å². The lowest BCUT2D eigenvalue weighted by molar-refractivity contribution is 0.322. The van der Waals surface area contributed by atoms with Gasteiger partial charge in [-0.25, -0.2) is 4.99 Å². The highest BCUT2D eigenvalue weighted by molar-refractivity contribution is 6.80. The van der Waals surface area contributed by atoms with Gasteiger partial charge in [-0.2, -0.15) is 0 Å². The lowest BCUT2D eigenvalue weighted by atomic mass is 10.2. The molecule has 0 aliphatic rings. The molecular weight excluding hydrogens is 223 g/mol. The smallest absolute Gasteiger partial charge is 0.151 e. The third-order valence-corrected chi connectivity index (χ3v) is 2.22. The van der Waals surface area contributed by atoms with Crippen LogP contribution in [0.2, 0.25) is 5.02 Å². The molecule has 0 bridgehead atoms. The highest BCUT2D eigenvalue weighted by atomic mass is 35.5. The minimum Gasteiger partial charge on any atom is -0.411 e. The van der Waals surface area contributed by atoms with Crippen LogP contribution in [0.25, 0.3) is 0 Å². The maximum absolute atomic E-state index is 8.22. The number of benzene rings is 1. The first-order valence-corrected chi connectivity index (χ1v) is 4.57. The quantitative estimate of drug-likeness (QED) is 0.473. The van der Waals surface area contributed by atoms with Crippen molar-refractivity contribution in [3.63, 3.8) is 0 Å². The molecule has 3 nitrogen and oxygen atoms in total. The number of hydrogen-bond donors (Lipinski definition) is 1. The van der Waals surface area contributed by atoms with Crippen molar-refractivity contribution < 1.29 is 5.21 Å². The maximum Gasteiger partial charge on any atom is 0.151 e. The van der Waals surface area contributed by atoms with Crippen molar-refractivity contribution >= 4 is 40.3 Å². The second-order valence-electron chi connectivity index (χ2n) is 2.56. The van der Waals surface area contributed by atoms with E-state index in [0.717, 1.165) is 11.8 Å². The van der Waals surface area contributed by atoms with Crippen LogP contribution in [0.1, 0.15) is 5.56 Å². The molecule has 0 amide bonds. The van der Waals surface area contributed by atoms with Gasteiger partial charge in [0.25, 0.3) is 0 Å². The van der Waals surface area contributed by atoms with E-state index >= 15 is 0 Å². The summed E-state index contributed by atoms with van der Waals surface area (Å²) >= 11 is 11.5. The maximum atomic E-state index is 8.22. The Kier molecular flexibility index (Phi) is 3.92. The van der Waals surface area contributed by atoms with Gasteiger partial charge in [0, 0.05) is 5.02 Å². The number of oxime groups is 1. The first-order chi connectivity index (χ1) is 6.65. The summed E-state index contributed by atoms with van der Waals surface area (Å²) in [6.45, 7) is 1.83. The molecule has 0 aliphatic heterocycles. The zero-order chi connectivity index (χ0) is 10.6. The summed E-state index contributed by atoms with van der Waals surface area (Å²) in [7, 11) is 0. The Morgan fingerprint density at radius 3 is 2.86 bits per heavy atom. The van der Waals surface area contributed by atoms with Crippen LogP contribution in [0, 0.1) is 6.92 Å². The molecule has 1 aromatic carbocycles. The molecule has 0 aliphatic carbocycles. The first kappa shape index (κ1) is 11.0. The Hall–Kier alpha value is -1.06. The van der Waals surface area contributed by atoms with Crippen LogP contribution in [0.15, 0.2) is 28.3 Å². The van der Waals surface area contributed by atoms with Crippen molar-refractivity contribution in [3.8, 4) is 0 Å². The lowest BCUT2D eigenvalue weighted by Gasteiger charge is -2.01. The van der Waals surface area contributed by atoms with Crippen molar-refractivity contribution in [1.29, 1.82) is 0 Å². The van der Waals surface area contributed by atoms with Crippen LogP contribution in [0.4, 0.5) is 5.69 Å². The van der Waals surface area contributed by atoms with Gasteiger partial charge in [0.1, 0.15) is 6.21 Å². The number of aliphatic imine (C=N–C) groups is 1. The van der Waals surface area contributed by atoms with Gasteiger partial charge in [-0.3, -0.25) is 0 Å². The molecule has 0 atom stereocenters. The summed E-state index contributed by atoms with van der Waals surface area (Å²) in [5.74, 6) is 0. The summed E-state index contributed by atoms with van der Waals surface area (Å²) < 4.78 is 0. The Morgan fingerprint density at radius 2 is 2.21 bits per heavy atom. The standard InChI is InChI=1S/C9H8Cl2N2O/c1-6-7(10)3-2-4-8(6)13-9(11)5-12-14/h2-5,14H,1H3/b12-5+,13-9?. The summed E-state index contributed by atoms with van der Waals surface area (Å²) in [5.41, 5.74) is 1.49. The van der Waals surface area contributed by atoms with Gasteiger partial charge in [-0.15, -0.1) is 0 Å². The SMILES string of the molecule is Cc1c(Cl)cccc1N=C(Cl)/C=N/O. The van der Waals surface area contributed by atoms with E-state index in [2.05, 4.69) is 10.1 Å². The Morgan fingerprint density at radius 1 is 1.50 bits per heavy atom. The molecule has 1 aromatic rings. The zero-order valence-corrected chi connectivity index (χ0v) is 8.92. The van der Waals surface area contributed by atoms with Crippen LogP contribution in [0.5, 0.6) is 0 Å². The molecule has 0 aromatic heterocycles. The van der Waals surface area contributed by atoms with E-state index in [4.69, 9.17) is 28.4 Å². The third kappa shape index (κ3) is 2.72. The van der Waals surface area contributed by atoms with E-state index in [1.54, 1.807) is 18.2 Å². The normalized spacial score (nSPS) is 12.4. The van der Waals surface area contributed by atoms with E-state index in [1.165, 1.54) is 0 Å². The molecule has 0 fully saturated rings. The molecule has 0 spiro atoms. The molecule has 14 heavy (non-hydrogen) atoms. The molecule has 0 heterocycles. The molecular formula is C9H8Cl2N2O. The van der Waals surface area contributed by atoms with Crippen LogP contribution in [-0.4, -0.2) is 16.6 Å². The Balaban J connectivity index is 3.08. The van der Waals surface area contributed by atoms with Crippen molar-refractivity contribution in [2.75, 3.05) is 0 Å². The Labute approximate surface area is 91.7 Å². The predicted molar refractivity (Wildman–Crippen MR) is 59.4 cm³/mol. The largest absolute Gasteiger partial charge is 0.411 e. The van der Waals surface area contributed by atoms with E-state index in [-0.39, 0.29) is 5.17 Å². The molecule has 1 rings (SSSR count). The van der Waals surface area contributed by atoms with Gasteiger partial charge in [0.2, 0.25) is 0 Å². The molecule has 74 valence electrons. The molecule has 0 saturated heterocycles. The van der Waals surface area contributed by atoms with Crippen molar-refractivity contribution in [1.82, 2.24) is 0 Å². The van der Waals surface area contributed by atoms with Gasteiger partial charge < -0.3 is 5.21 Å². The minimum atomic E-state index is 0.0952. The Bertz CT molecular complexity index is 388. The molecule has 0 saturated carbocycles. The van der Waals surface area contributed by atoms with Crippen LogP contribution in [0.3, 0.4) is 0 Å². The average molecular weight is 231 g/mol. The molecule has 1 N–H and O–H groups in total. The third-order valence-electron chi connectivity index (χ3n) is 1.63. The second-order valence-corrected chi connectivity index (χ2v) is 3.36. The summed E-state index contributed by atoms with van der Waals surface area (Å²) in [4.78, 5) is 4.00. The van der Waals surface area contributed by atoms with Gasteiger partial charge in [0.15, 0.2) is 5.17 Å². The average Bonchev–Trinajstić information content (AvgIpc) is 2.13. The fourth-order valence-electron chi connectivity index (χ4n) is 0.909. The van der Waals surface area contributed by atoms with Gasteiger partial charge in [-0.05, 0) is 24.6 Å². The number of halogens is 2. The highest BCUT2D eigenvalue weighted by Crippen LogP contribution is 2.25. The van der Waals surface area contributed by atoms with E-state index in [9.17, 15) is 0 Å². The fourth-order valence-corrected chi connectivity index (χ4v) is 1.21. The predicted octanol–water partition coefficient (Wildman–Crippen LogP) is 3.38. The summed E-state index contributed by atoms with van der Waals surface area (Å²) in [6.07, 6.45) is 1.04. The lowest BCUT2D eigenvalue weighted by Crippen LogP contribution is -1.88. The zero-order valence-electron chi connectivity index (χ0n) is 7.41. The number of rotatable bonds is 2. The first-order valence-electron chi connectivity index (χ1n) is 3.82. The van der Waals surface area contributed by atoms with Crippen molar-refractivity contribution in [2.24, 2.45) is 10.1 Å². The highest BCUT2D eigenvalue weighted by Gasteiger charge is 2.00. The topological polar surface area (TPSA) is 45.0 Å². The fraction of sp³-hybridized carbons (Fsp3) is 0.111. The molecule has 5 heteroatoms. The van der Waals surface area contributed by atoms with Crippen molar-refractivity contribution in [2.45, 2.75) is 6.92 Å². The summed E-state index contributed by atoms with van der Waals surface area (Å²) in [5, 5.41) is 11.7. The van der Waals surface area contributed by atoms with Crippen LogP contribution in [-0.2, 0) is 0 Å². The monoisotopic (exact) mass is 230 g/mol. The second kappa shape index (κ2) is 4.98. The van der Waals surface area contributed by atoms with E-state index in [1.807, 2.05) is 6.92 Å². The number of nitrogens with zero attached hydrogens (tertiary/aromatic N) is 2. The molecule has 0 unspecified atom stereocenters. The molecule has 0 radical (unpaired) electrons. The van der Waals surface area contributed by atoms with Crippen LogP contribution < -0.4 is 0 Å². The van der Waals surface area contributed by atoms with E-state index < -0.39 is 0 Å². The van der Waals surface area contributed by atoms with Gasteiger partial charge >= 0.3 is 0 Å². The van der Waals surface area contributed by atoms with Gasteiger partial charge in [-0.1, -0.05) is 34.4 Å². The number of hydrogen-bond acceptors (Lipinski definition) is 3.